The van der Waals surface area contributed by atoms with Gasteiger partial charge in [0.2, 0.25) is 0 Å². The van der Waals surface area contributed by atoms with Gasteiger partial charge in [-0.05, 0) is 72.8 Å². The van der Waals surface area contributed by atoms with E-state index < -0.39 is 0 Å². The van der Waals surface area contributed by atoms with Gasteiger partial charge in [-0.2, -0.15) is 10.2 Å². The molecule has 0 fully saturated rings. The number of aromatic nitrogens is 8. The molecular formula is C34H24ClN9O2. The zero-order chi connectivity index (χ0) is 31.3. The van der Waals surface area contributed by atoms with Gasteiger partial charge >= 0.3 is 0 Å². The van der Waals surface area contributed by atoms with E-state index in [0.717, 1.165) is 50.9 Å². The SMILES string of the molecule is Clc1ncnc2n[nH]c(-c3ccc(Oc4ccccc4)cc3)c12.Nc1ncnc2n[nH]c(-c3ccc(Oc4ccccc4)cc3)c12. The summed E-state index contributed by atoms with van der Waals surface area (Å²) in [6.45, 7) is 0. The van der Waals surface area contributed by atoms with E-state index in [9.17, 15) is 0 Å². The molecule has 0 saturated heterocycles. The smallest absolute Gasteiger partial charge is 0.186 e. The van der Waals surface area contributed by atoms with Crippen molar-refractivity contribution in [2.75, 3.05) is 5.73 Å². The van der Waals surface area contributed by atoms with E-state index in [-0.39, 0.29) is 0 Å². The molecule has 0 aliphatic heterocycles. The minimum atomic E-state index is 0.378. The Labute approximate surface area is 267 Å². The Morgan fingerprint density at radius 1 is 0.500 bits per heavy atom. The fraction of sp³-hybridized carbons (Fsp3) is 0. The maximum atomic E-state index is 6.16. The summed E-state index contributed by atoms with van der Waals surface area (Å²) in [5.74, 6) is 3.51. The van der Waals surface area contributed by atoms with Crippen molar-refractivity contribution >= 4 is 39.5 Å². The van der Waals surface area contributed by atoms with Crippen molar-refractivity contribution in [3.63, 3.8) is 0 Å². The van der Waals surface area contributed by atoms with Gasteiger partial charge in [0.25, 0.3) is 0 Å². The molecule has 8 rings (SSSR count). The number of halogens is 1. The van der Waals surface area contributed by atoms with Gasteiger partial charge in [-0.3, -0.25) is 10.2 Å². The summed E-state index contributed by atoms with van der Waals surface area (Å²) < 4.78 is 11.6. The van der Waals surface area contributed by atoms with Crippen molar-refractivity contribution in [3.8, 4) is 45.5 Å². The summed E-state index contributed by atoms with van der Waals surface area (Å²) in [4.78, 5) is 16.2. The lowest BCUT2D eigenvalue weighted by molar-refractivity contribution is 0.482. The van der Waals surface area contributed by atoms with Crippen molar-refractivity contribution in [2.45, 2.75) is 0 Å². The maximum Gasteiger partial charge on any atom is 0.186 e. The summed E-state index contributed by atoms with van der Waals surface area (Å²) in [5, 5.41) is 16.1. The van der Waals surface area contributed by atoms with Crippen LogP contribution >= 0.6 is 11.6 Å². The predicted molar refractivity (Wildman–Crippen MR) is 177 cm³/mol. The van der Waals surface area contributed by atoms with Crippen molar-refractivity contribution in [2.24, 2.45) is 0 Å². The molecule has 0 spiro atoms. The lowest BCUT2D eigenvalue weighted by atomic mass is 10.1. The molecule has 0 saturated carbocycles. The number of hydrogen-bond donors (Lipinski definition) is 3. The molecule has 4 heterocycles. The normalized spacial score (nSPS) is 10.8. The van der Waals surface area contributed by atoms with Crippen LogP contribution in [0.3, 0.4) is 0 Å². The topological polar surface area (TPSA) is 153 Å². The number of nitrogens with one attached hydrogen (secondary N) is 2. The third-order valence-electron chi connectivity index (χ3n) is 6.93. The molecule has 0 radical (unpaired) electrons. The number of fused-ring (bicyclic) bond motifs is 2. The molecule has 0 aliphatic carbocycles. The van der Waals surface area contributed by atoms with Gasteiger partial charge in [0.15, 0.2) is 11.3 Å². The summed E-state index contributed by atoms with van der Waals surface area (Å²) >= 11 is 6.16. The van der Waals surface area contributed by atoms with E-state index in [1.165, 1.54) is 12.7 Å². The zero-order valence-electron chi connectivity index (χ0n) is 24.0. The largest absolute Gasteiger partial charge is 0.457 e. The highest BCUT2D eigenvalue weighted by atomic mass is 35.5. The summed E-state index contributed by atoms with van der Waals surface area (Å²) in [6, 6.07) is 34.6. The lowest BCUT2D eigenvalue weighted by Crippen LogP contribution is -1.92. The van der Waals surface area contributed by atoms with E-state index in [1.807, 2.05) is 109 Å². The zero-order valence-corrected chi connectivity index (χ0v) is 24.8. The van der Waals surface area contributed by atoms with Crippen molar-refractivity contribution in [1.82, 2.24) is 40.3 Å². The number of nitrogens with zero attached hydrogens (tertiary/aromatic N) is 6. The fourth-order valence-electron chi connectivity index (χ4n) is 4.75. The number of benzene rings is 4. The van der Waals surface area contributed by atoms with Crippen molar-refractivity contribution in [1.29, 1.82) is 0 Å². The molecule has 11 nitrogen and oxygen atoms in total. The van der Waals surface area contributed by atoms with Crippen LogP contribution in [0.1, 0.15) is 0 Å². The lowest BCUT2D eigenvalue weighted by Gasteiger charge is -2.06. The summed E-state index contributed by atoms with van der Waals surface area (Å²) in [7, 11) is 0. The molecule has 0 bridgehead atoms. The van der Waals surface area contributed by atoms with Crippen LogP contribution in [0.2, 0.25) is 5.15 Å². The number of para-hydroxylation sites is 2. The number of nitrogen functional groups attached to an aromatic ring is 1. The molecule has 8 aromatic rings. The Kier molecular flexibility index (Phi) is 7.87. The van der Waals surface area contributed by atoms with Gasteiger partial charge in [-0.15, -0.1) is 0 Å². The van der Waals surface area contributed by atoms with Gasteiger partial charge in [-0.25, -0.2) is 19.9 Å². The first kappa shape index (κ1) is 28.4. The van der Waals surface area contributed by atoms with E-state index in [4.69, 9.17) is 26.8 Å². The minimum Gasteiger partial charge on any atom is -0.457 e. The molecule has 0 unspecified atom stereocenters. The molecule has 0 atom stereocenters. The van der Waals surface area contributed by atoms with Crippen LogP contribution in [0.4, 0.5) is 5.82 Å². The van der Waals surface area contributed by atoms with Gasteiger partial charge < -0.3 is 15.2 Å². The van der Waals surface area contributed by atoms with Crippen LogP contribution in [0, 0.1) is 0 Å². The predicted octanol–water partition coefficient (Wildman–Crippen LogP) is 7.86. The van der Waals surface area contributed by atoms with E-state index in [0.29, 0.717) is 27.7 Å². The minimum absolute atomic E-state index is 0.378. The number of H-pyrrole nitrogens is 2. The standard InChI is InChI=1S/C17H11ClN4O.C17H13N5O/c2*18-16-14-15(21-22-17(14)20-10-19-16)11-6-8-13(9-7-11)23-12-4-2-1-3-5-12/h1-10H,(H,19,20,21,22);1-10H,(H3,18,19,20,21,22). The summed E-state index contributed by atoms with van der Waals surface area (Å²) in [5.41, 5.74) is 10.5. The van der Waals surface area contributed by atoms with Gasteiger partial charge in [0.1, 0.15) is 46.6 Å². The molecule has 0 aliphatic rings. The first-order valence-electron chi connectivity index (χ1n) is 14.1. The highest BCUT2D eigenvalue weighted by Crippen LogP contribution is 2.32. The first-order valence-corrected chi connectivity index (χ1v) is 14.5. The van der Waals surface area contributed by atoms with Crippen LogP contribution < -0.4 is 15.2 Å². The van der Waals surface area contributed by atoms with Crippen LogP contribution in [0.25, 0.3) is 44.6 Å². The van der Waals surface area contributed by atoms with Crippen LogP contribution in [0.5, 0.6) is 23.0 Å². The second-order valence-electron chi connectivity index (χ2n) is 9.90. The number of nitrogens with two attached hydrogens (primary N) is 1. The van der Waals surface area contributed by atoms with Gasteiger partial charge in [0.05, 0.1) is 22.2 Å². The molecule has 224 valence electrons. The Morgan fingerprint density at radius 2 is 0.935 bits per heavy atom. The number of hydrogen-bond acceptors (Lipinski definition) is 9. The van der Waals surface area contributed by atoms with Crippen LogP contribution in [-0.2, 0) is 0 Å². The highest BCUT2D eigenvalue weighted by Gasteiger charge is 2.14. The van der Waals surface area contributed by atoms with Crippen molar-refractivity contribution < 1.29 is 9.47 Å². The number of rotatable bonds is 6. The molecule has 4 aromatic heterocycles. The van der Waals surface area contributed by atoms with Gasteiger partial charge in [-0.1, -0.05) is 48.0 Å². The Bertz CT molecular complexity index is 2060. The quantitative estimate of drug-likeness (QED) is 0.157. The molecule has 12 heteroatoms. The number of aromatic amines is 2. The maximum absolute atomic E-state index is 6.16. The molecular weight excluding hydrogens is 602 g/mol. The first-order chi connectivity index (χ1) is 22.6. The second-order valence-corrected chi connectivity index (χ2v) is 10.3. The number of ether oxygens (including phenoxy) is 2. The van der Waals surface area contributed by atoms with Crippen LogP contribution in [0.15, 0.2) is 122 Å². The van der Waals surface area contributed by atoms with Crippen LogP contribution in [-0.4, -0.2) is 40.3 Å². The molecule has 0 amide bonds. The Balaban J connectivity index is 0.000000147. The average molecular weight is 626 g/mol. The molecule has 4 aromatic carbocycles. The third-order valence-corrected chi connectivity index (χ3v) is 7.22. The average Bonchev–Trinajstić information content (AvgIpc) is 3.74. The Hall–Kier alpha value is -6.33. The molecule has 4 N–H and O–H groups in total. The van der Waals surface area contributed by atoms with E-state index in [2.05, 4.69) is 40.3 Å². The highest BCUT2D eigenvalue weighted by molar-refractivity contribution is 6.34. The second kappa shape index (κ2) is 12.7. The monoisotopic (exact) mass is 625 g/mol. The molecule has 46 heavy (non-hydrogen) atoms. The van der Waals surface area contributed by atoms with Crippen molar-refractivity contribution in [3.05, 3.63) is 127 Å². The summed E-state index contributed by atoms with van der Waals surface area (Å²) in [6.07, 6.45) is 2.80. The Morgan fingerprint density at radius 3 is 1.46 bits per heavy atom. The third kappa shape index (κ3) is 6.03. The van der Waals surface area contributed by atoms with E-state index in [1.54, 1.807) is 0 Å². The number of anilines is 1. The van der Waals surface area contributed by atoms with Gasteiger partial charge in [0, 0.05) is 11.1 Å². The van der Waals surface area contributed by atoms with E-state index >= 15 is 0 Å². The fourth-order valence-corrected chi connectivity index (χ4v) is 4.97.